The summed E-state index contributed by atoms with van der Waals surface area (Å²) in [5, 5.41) is 2.76. The topological polar surface area (TPSA) is 111 Å². The summed E-state index contributed by atoms with van der Waals surface area (Å²) >= 11 is 0. The van der Waals surface area contributed by atoms with Crippen molar-refractivity contribution in [2.24, 2.45) is 0 Å². The third kappa shape index (κ3) is 5.85. The summed E-state index contributed by atoms with van der Waals surface area (Å²) in [6.07, 6.45) is 1.43. The van der Waals surface area contributed by atoms with E-state index in [-0.39, 0.29) is 22.3 Å². The number of hydrogen-bond donors (Lipinski definition) is 1. The van der Waals surface area contributed by atoms with E-state index in [4.69, 9.17) is 14.2 Å². The highest BCUT2D eigenvalue weighted by Crippen LogP contribution is 2.49. The van der Waals surface area contributed by atoms with Crippen LogP contribution in [0.1, 0.15) is 30.9 Å². The van der Waals surface area contributed by atoms with Gasteiger partial charge in [-0.15, -0.1) is 0 Å². The number of rotatable bonds is 11. The van der Waals surface area contributed by atoms with E-state index in [1.54, 1.807) is 74.5 Å². The maximum Gasteiger partial charge on any atom is 0.316 e. The molecule has 1 saturated carbocycles. The second-order valence-electron chi connectivity index (χ2n) is 9.30. The molecule has 0 aliphatic heterocycles. The third-order valence-electron chi connectivity index (χ3n) is 6.65. The van der Waals surface area contributed by atoms with Crippen LogP contribution in [0, 0.1) is 6.92 Å². The van der Waals surface area contributed by atoms with Gasteiger partial charge in [0.1, 0.15) is 22.9 Å². The van der Waals surface area contributed by atoms with Crippen LogP contribution in [-0.2, 0) is 29.8 Å². The average molecular weight is 553 g/mol. The average Bonchev–Trinajstić information content (AvgIpc) is 3.74. The Labute approximate surface area is 228 Å². The van der Waals surface area contributed by atoms with Crippen molar-refractivity contribution >= 4 is 33.3 Å². The van der Waals surface area contributed by atoms with Crippen molar-refractivity contribution in [2.45, 2.75) is 37.0 Å². The number of anilines is 2. The van der Waals surface area contributed by atoms with Gasteiger partial charge in [-0.05, 0) is 74.2 Å². The Bertz CT molecular complexity index is 1470. The molecule has 0 radical (unpaired) electrons. The van der Waals surface area contributed by atoms with Gasteiger partial charge in [-0.3, -0.25) is 13.9 Å². The predicted octanol–water partition coefficient (Wildman–Crippen LogP) is 4.44. The van der Waals surface area contributed by atoms with Gasteiger partial charge in [-0.25, -0.2) is 8.42 Å². The van der Waals surface area contributed by atoms with Gasteiger partial charge in [0, 0.05) is 11.8 Å². The molecule has 39 heavy (non-hydrogen) atoms. The van der Waals surface area contributed by atoms with Crippen molar-refractivity contribution in [1.29, 1.82) is 0 Å². The van der Waals surface area contributed by atoms with E-state index in [0.717, 1.165) is 15.4 Å². The zero-order valence-corrected chi connectivity index (χ0v) is 23.2. The molecule has 4 rings (SSSR count). The molecule has 0 aromatic heterocycles. The molecule has 0 saturated heterocycles. The first-order chi connectivity index (χ1) is 18.6. The van der Waals surface area contributed by atoms with Gasteiger partial charge >= 0.3 is 5.97 Å². The summed E-state index contributed by atoms with van der Waals surface area (Å²) < 4.78 is 44.7. The molecule has 9 nitrogen and oxygen atoms in total. The van der Waals surface area contributed by atoms with E-state index in [1.165, 1.54) is 20.3 Å². The number of aryl methyl sites for hydroxylation is 1. The van der Waals surface area contributed by atoms with Gasteiger partial charge in [0.05, 0.1) is 31.9 Å². The lowest BCUT2D eigenvalue weighted by Crippen LogP contribution is -2.38. The van der Waals surface area contributed by atoms with Gasteiger partial charge in [-0.1, -0.05) is 24.3 Å². The predicted molar refractivity (Wildman–Crippen MR) is 148 cm³/mol. The number of sulfonamides is 1. The molecule has 1 fully saturated rings. The molecule has 3 aromatic carbocycles. The molecule has 1 N–H and O–H groups in total. The van der Waals surface area contributed by atoms with Crippen molar-refractivity contribution in [1.82, 2.24) is 0 Å². The fourth-order valence-corrected chi connectivity index (χ4v) is 6.05. The second kappa shape index (κ2) is 11.4. The molecule has 0 heterocycles. The number of methoxy groups -OCH3 is 2. The number of benzene rings is 3. The fourth-order valence-electron chi connectivity index (χ4n) is 4.39. The van der Waals surface area contributed by atoms with E-state index >= 15 is 0 Å². The number of amides is 1. The molecule has 0 unspecified atom stereocenters. The lowest BCUT2D eigenvalue weighted by atomic mass is 9.96. The number of nitrogens with one attached hydrogen (secondary N) is 1. The smallest absolute Gasteiger partial charge is 0.316 e. The molecule has 0 spiro atoms. The van der Waals surface area contributed by atoms with Gasteiger partial charge < -0.3 is 19.5 Å². The second-order valence-corrected chi connectivity index (χ2v) is 11.1. The Hall–Kier alpha value is -4.05. The summed E-state index contributed by atoms with van der Waals surface area (Å²) in [5.41, 5.74) is 1.66. The van der Waals surface area contributed by atoms with Crippen LogP contribution in [0.25, 0.3) is 0 Å². The molecule has 0 bridgehead atoms. The van der Waals surface area contributed by atoms with E-state index in [0.29, 0.717) is 30.9 Å². The summed E-state index contributed by atoms with van der Waals surface area (Å²) in [7, 11) is -1.35. The molecule has 206 valence electrons. The molecule has 1 amide bonds. The molecular formula is C29H32N2O7S. The molecular weight excluding hydrogens is 520 g/mol. The van der Waals surface area contributed by atoms with Crippen molar-refractivity contribution in [3.05, 3.63) is 77.9 Å². The van der Waals surface area contributed by atoms with Crippen molar-refractivity contribution in [2.75, 3.05) is 37.0 Å². The van der Waals surface area contributed by atoms with Crippen LogP contribution in [0.15, 0.2) is 71.6 Å². The maximum absolute atomic E-state index is 13.9. The lowest BCUT2D eigenvalue weighted by molar-refractivity contribution is -0.146. The highest BCUT2D eigenvalue weighted by atomic mass is 32.2. The number of carbonyl (C=O) groups excluding carboxylic acids is 2. The summed E-state index contributed by atoms with van der Waals surface area (Å²) in [6, 6.07) is 18.3. The standard InChI is InChI=1S/C29H32N2O7S/c1-5-38-28(33)29(15-16-29)21-10-12-22(13-11-21)30-27(32)19-31(23-7-6-8-24(18-23)36-3)39(34,35)26-17-20(2)9-14-25(26)37-4/h6-14,17-18H,5,15-16,19H2,1-4H3,(H,30,32). The monoisotopic (exact) mass is 552 g/mol. The zero-order chi connectivity index (χ0) is 28.2. The van der Waals surface area contributed by atoms with Gasteiger partial charge in [0.25, 0.3) is 10.0 Å². The van der Waals surface area contributed by atoms with E-state index in [9.17, 15) is 18.0 Å². The molecule has 1 aliphatic carbocycles. The summed E-state index contributed by atoms with van der Waals surface area (Å²) in [5.74, 6) is -0.185. The Morgan fingerprint density at radius 1 is 0.974 bits per heavy atom. The highest BCUT2D eigenvalue weighted by Gasteiger charge is 2.52. The van der Waals surface area contributed by atoms with Crippen LogP contribution < -0.4 is 19.1 Å². The summed E-state index contributed by atoms with van der Waals surface area (Å²) in [6.45, 7) is 3.37. The Morgan fingerprint density at radius 2 is 1.69 bits per heavy atom. The highest BCUT2D eigenvalue weighted by molar-refractivity contribution is 7.93. The number of nitrogens with zero attached hydrogens (tertiary/aromatic N) is 1. The van der Waals surface area contributed by atoms with E-state index in [2.05, 4.69) is 5.32 Å². The fraction of sp³-hybridized carbons (Fsp3) is 0.310. The third-order valence-corrected chi connectivity index (χ3v) is 8.45. The van der Waals surface area contributed by atoms with E-state index < -0.39 is 27.9 Å². The van der Waals surface area contributed by atoms with Crippen LogP contribution in [0.4, 0.5) is 11.4 Å². The molecule has 3 aromatic rings. The SMILES string of the molecule is CCOC(=O)C1(c2ccc(NC(=O)CN(c3cccc(OC)c3)S(=O)(=O)c3cc(C)ccc3OC)cc2)CC1. The number of carbonyl (C=O) groups is 2. The zero-order valence-electron chi connectivity index (χ0n) is 22.4. The van der Waals surface area contributed by atoms with Crippen LogP contribution in [-0.4, -0.2) is 47.7 Å². The number of esters is 1. The first kappa shape index (κ1) is 28.0. The van der Waals surface area contributed by atoms with E-state index in [1.807, 2.05) is 0 Å². The first-order valence-corrected chi connectivity index (χ1v) is 14.0. The van der Waals surface area contributed by atoms with Crippen LogP contribution in [0.3, 0.4) is 0 Å². The molecule has 10 heteroatoms. The Morgan fingerprint density at radius 3 is 2.31 bits per heavy atom. The number of hydrogen-bond acceptors (Lipinski definition) is 7. The van der Waals surface area contributed by atoms with Crippen molar-refractivity contribution in [3.8, 4) is 11.5 Å². The quantitative estimate of drug-likeness (QED) is 0.350. The molecule has 0 atom stereocenters. The first-order valence-electron chi connectivity index (χ1n) is 12.5. The van der Waals surface area contributed by atoms with Crippen molar-refractivity contribution < 1.29 is 32.2 Å². The maximum atomic E-state index is 13.9. The minimum Gasteiger partial charge on any atom is -0.497 e. The van der Waals surface area contributed by atoms with Crippen molar-refractivity contribution in [3.63, 3.8) is 0 Å². The Balaban J connectivity index is 1.61. The summed E-state index contributed by atoms with van der Waals surface area (Å²) in [4.78, 5) is 25.5. The Kier molecular flexibility index (Phi) is 8.15. The lowest BCUT2D eigenvalue weighted by Gasteiger charge is -2.25. The van der Waals surface area contributed by atoms with Gasteiger partial charge in [-0.2, -0.15) is 0 Å². The van der Waals surface area contributed by atoms with Gasteiger partial charge in [0.15, 0.2) is 0 Å². The minimum atomic E-state index is -4.22. The normalized spacial score (nSPS) is 13.7. The van der Waals surface area contributed by atoms with Crippen LogP contribution >= 0.6 is 0 Å². The molecule has 1 aliphatic rings. The number of ether oxygens (including phenoxy) is 3. The minimum absolute atomic E-state index is 0.0568. The largest absolute Gasteiger partial charge is 0.497 e. The van der Waals surface area contributed by atoms with Crippen LogP contribution in [0.2, 0.25) is 0 Å². The van der Waals surface area contributed by atoms with Crippen LogP contribution in [0.5, 0.6) is 11.5 Å². The van der Waals surface area contributed by atoms with Gasteiger partial charge in [0.2, 0.25) is 5.91 Å².